The van der Waals surface area contributed by atoms with Gasteiger partial charge in [-0.15, -0.1) is 0 Å². The fraction of sp³-hybridized carbons (Fsp3) is 0.837. The summed E-state index contributed by atoms with van der Waals surface area (Å²) in [4.78, 5) is 25.7. The highest BCUT2D eigenvalue weighted by Gasteiger charge is 2.47. The highest BCUT2D eigenvalue weighted by molar-refractivity contribution is 5.70. The molecule has 15 nitrogen and oxygen atoms in total. The second-order valence-electron chi connectivity index (χ2n) is 17.3. The van der Waals surface area contributed by atoms with E-state index in [2.05, 4.69) is 50.3 Å². The van der Waals surface area contributed by atoms with Gasteiger partial charge in [0.2, 0.25) is 0 Å². The molecule has 64 heavy (non-hydrogen) atoms. The summed E-state index contributed by atoms with van der Waals surface area (Å²) in [6.07, 6.45) is 20.3. The summed E-state index contributed by atoms with van der Waals surface area (Å²) < 4.78 is 33.5. The molecule has 11 atom stereocenters. The Labute approximate surface area is 383 Å². The van der Waals surface area contributed by atoms with Gasteiger partial charge in [-0.3, -0.25) is 9.59 Å². The lowest BCUT2D eigenvalue weighted by atomic mass is 9.98. The van der Waals surface area contributed by atoms with Crippen molar-refractivity contribution in [2.75, 3.05) is 26.4 Å². The number of carbonyl (C=O) groups is 2. The van der Waals surface area contributed by atoms with E-state index in [9.17, 15) is 45.3 Å². The van der Waals surface area contributed by atoms with Gasteiger partial charge >= 0.3 is 11.9 Å². The monoisotopic (exact) mass is 915 g/mol. The molecule has 2 fully saturated rings. The minimum atomic E-state index is -1.77. The Kier molecular flexibility index (Phi) is 33.3. The molecule has 0 bridgehead atoms. The van der Waals surface area contributed by atoms with Gasteiger partial charge in [0.25, 0.3) is 0 Å². The Morgan fingerprint density at radius 3 is 1.55 bits per heavy atom. The predicted molar refractivity (Wildman–Crippen MR) is 243 cm³/mol. The van der Waals surface area contributed by atoms with Crippen molar-refractivity contribution in [2.45, 2.75) is 235 Å². The van der Waals surface area contributed by atoms with Gasteiger partial charge in [0.1, 0.15) is 55.4 Å². The van der Waals surface area contributed by atoms with E-state index in [1.165, 1.54) is 57.8 Å². The summed E-state index contributed by atoms with van der Waals surface area (Å²) in [5, 5.41) is 72.0. The molecule has 2 aliphatic heterocycles. The minimum absolute atomic E-state index is 0.164. The van der Waals surface area contributed by atoms with Crippen molar-refractivity contribution in [3.8, 4) is 0 Å². The lowest BCUT2D eigenvalue weighted by Crippen LogP contribution is -2.61. The van der Waals surface area contributed by atoms with Crippen molar-refractivity contribution in [3.05, 3.63) is 36.5 Å². The molecule has 2 rings (SSSR count). The molecule has 0 amide bonds. The number of carbonyl (C=O) groups excluding carboxylic acids is 2. The SMILES string of the molecule is CC/C=C\C/C=C\C/C=C\CCCCCCCC(=O)OC[C@H](CO[C@@H]1O[C@H](CO[C@@H]2O[C@H](CO)[C@H](O)[C@H](O)[C@H]2O)[C@H](O)[C@H](O)[C@H]1O)OC(=O)CCCCCCCCCCCCCCC. The highest BCUT2D eigenvalue weighted by Crippen LogP contribution is 2.26. The van der Waals surface area contributed by atoms with E-state index in [0.717, 1.165) is 70.6 Å². The van der Waals surface area contributed by atoms with Crippen LogP contribution in [0.15, 0.2) is 36.5 Å². The lowest BCUT2D eigenvalue weighted by molar-refractivity contribution is -0.332. The van der Waals surface area contributed by atoms with Crippen molar-refractivity contribution in [2.24, 2.45) is 0 Å². The maximum atomic E-state index is 13.0. The van der Waals surface area contributed by atoms with Crippen LogP contribution in [0.5, 0.6) is 0 Å². The van der Waals surface area contributed by atoms with Crippen molar-refractivity contribution < 1.29 is 73.8 Å². The zero-order chi connectivity index (χ0) is 46.8. The normalized spacial score (nSPS) is 26.9. The quantitative estimate of drug-likeness (QED) is 0.0211. The third kappa shape index (κ3) is 25.0. The molecular weight excluding hydrogens is 829 g/mol. The van der Waals surface area contributed by atoms with Crippen LogP contribution >= 0.6 is 0 Å². The van der Waals surface area contributed by atoms with E-state index in [-0.39, 0.29) is 26.1 Å². The van der Waals surface area contributed by atoms with E-state index >= 15 is 0 Å². The molecule has 0 aromatic carbocycles. The summed E-state index contributed by atoms with van der Waals surface area (Å²) in [5.74, 6) is -0.943. The van der Waals surface area contributed by atoms with Crippen LogP contribution in [0.1, 0.15) is 168 Å². The van der Waals surface area contributed by atoms with Crippen molar-refractivity contribution >= 4 is 11.9 Å². The van der Waals surface area contributed by atoms with Gasteiger partial charge in [-0.05, 0) is 44.9 Å². The number of aliphatic hydroxyl groups is 7. The Balaban J connectivity index is 1.83. The molecular formula is C49H86O15. The van der Waals surface area contributed by atoms with Gasteiger partial charge in [0.05, 0.1) is 19.8 Å². The number of aliphatic hydroxyl groups excluding tert-OH is 7. The van der Waals surface area contributed by atoms with Crippen LogP contribution in [-0.2, 0) is 38.0 Å². The smallest absolute Gasteiger partial charge is 0.306 e. The topological polar surface area (TPSA) is 231 Å². The first-order chi connectivity index (χ1) is 31.0. The van der Waals surface area contributed by atoms with E-state index in [1.54, 1.807) is 0 Å². The predicted octanol–water partition coefficient (Wildman–Crippen LogP) is 6.15. The standard InChI is InChI=1S/C49H86O15/c1-3-5-7-9-11-13-15-17-18-20-21-23-25-27-29-31-40(51)59-34-37(62-41(52)32-30-28-26-24-22-19-16-14-12-10-8-6-4-2)35-60-48-47(58)45(56)43(54)39(64-48)36-61-49-46(57)44(55)42(53)38(33-50)63-49/h5,7,11,13,17-18,37-39,42-50,53-58H,3-4,6,8-10,12,14-16,19-36H2,1-2H3/b7-5-,13-11-,18-17-/t37-,38-,39-,42+,43+,44+,45+,46-,47-,48-,49-/m1/s1. The molecule has 0 saturated carbocycles. The summed E-state index contributed by atoms with van der Waals surface area (Å²) in [5.41, 5.74) is 0. The molecule has 0 aromatic heterocycles. The third-order valence-corrected chi connectivity index (χ3v) is 11.6. The van der Waals surface area contributed by atoms with Crippen LogP contribution in [0.4, 0.5) is 0 Å². The van der Waals surface area contributed by atoms with Gasteiger partial charge < -0.3 is 64.2 Å². The average molecular weight is 915 g/mol. The van der Waals surface area contributed by atoms with Crippen molar-refractivity contribution in [3.63, 3.8) is 0 Å². The molecule has 0 aliphatic carbocycles. The largest absolute Gasteiger partial charge is 0.462 e. The molecule has 0 spiro atoms. The van der Waals surface area contributed by atoms with Crippen LogP contribution in [0.25, 0.3) is 0 Å². The van der Waals surface area contributed by atoms with Gasteiger partial charge in [0.15, 0.2) is 18.7 Å². The molecule has 2 heterocycles. The van der Waals surface area contributed by atoms with Crippen molar-refractivity contribution in [1.82, 2.24) is 0 Å². The molecule has 372 valence electrons. The van der Waals surface area contributed by atoms with E-state index in [1.807, 2.05) is 0 Å². The van der Waals surface area contributed by atoms with Crippen LogP contribution in [0.2, 0.25) is 0 Å². The van der Waals surface area contributed by atoms with E-state index in [4.69, 9.17) is 28.4 Å². The molecule has 0 radical (unpaired) electrons. The maximum absolute atomic E-state index is 13.0. The fourth-order valence-electron chi connectivity index (χ4n) is 7.58. The lowest BCUT2D eigenvalue weighted by Gasteiger charge is -2.42. The zero-order valence-electron chi connectivity index (χ0n) is 39.0. The Morgan fingerprint density at radius 1 is 0.516 bits per heavy atom. The first-order valence-electron chi connectivity index (χ1n) is 24.6. The number of unbranched alkanes of at least 4 members (excludes halogenated alkanes) is 17. The first-order valence-corrected chi connectivity index (χ1v) is 24.6. The van der Waals surface area contributed by atoms with Crippen LogP contribution in [-0.4, -0.2) is 142 Å². The minimum Gasteiger partial charge on any atom is -0.462 e. The first kappa shape index (κ1) is 57.8. The molecule has 2 aliphatic rings. The zero-order valence-corrected chi connectivity index (χ0v) is 39.0. The number of allylic oxidation sites excluding steroid dienone is 6. The van der Waals surface area contributed by atoms with Gasteiger partial charge in [-0.1, -0.05) is 147 Å². The number of ether oxygens (including phenoxy) is 6. The second kappa shape index (κ2) is 36.8. The highest BCUT2D eigenvalue weighted by atomic mass is 16.7. The summed E-state index contributed by atoms with van der Waals surface area (Å²) >= 11 is 0. The number of hydrogen-bond donors (Lipinski definition) is 7. The van der Waals surface area contributed by atoms with Crippen molar-refractivity contribution in [1.29, 1.82) is 0 Å². The molecule has 15 heteroatoms. The van der Waals surface area contributed by atoms with Crippen LogP contribution in [0.3, 0.4) is 0 Å². The van der Waals surface area contributed by atoms with Crippen LogP contribution < -0.4 is 0 Å². The molecule has 0 unspecified atom stereocenters. The maximum Gasteiger partial charge on any atom is 0.306 e. The average Bonchev–Trinajstić information content (AvgIpc) is 3.29. The Hall–Kier alpha value is -2.28. The van der Waals surface area contributed by atoms with Gasteiger partial charge in [0, 0.05) is 12.8 Å². The van der Waals surface area contributed by atoms with Gasteiger partial charge in [-0.2, -0.15) is 0 Å². The van der Waals surface area contributed by atoms with E-state index < -0.39 is 92.7 Å². The van der Waals surface area contributed by atoms with E-state index in [0.29, 0.717) is 12.8 Å². The summed E-state index contributed by atoms with van der Waals surface area (Å²) in [6.45, 7) is 2.45. The van der Waals surface area contributed by atoms with Gasteiger partial charge in [-0.25, -0.2) is 0 Å². The fourth-order valence-corrected chi connectivity index (χ4v) is 7.58. The summed E-state index contributed by atoms with van der Waals surface area (Å²) in [7, 11) is 0. The molecule has 0 aromatic rings. The number of hydrogen-bond acceptors (Lipinski definition) is 15. The third-order valence-electron chi connectivity index (χ3n) is 11.6. The number of esters is 2. The Bertz CT molecular complexity index is 1260. The van der Waals surface area contributed by atoms with Crippen LogP contribution in [0, 0.1) is 0 Å². The Morgan fingerprint density at radius 2 is 0.984 bits per heavy atom. The summed E-state index contributed by atoms with van der Waals surface area (Å²) in [6, 6.07) is 0. The molecule has 2 saturated heterocycles. The molecule has 7 N–H and O–H groups in total. The number of rotatable bonds is 37. The second-order valence-corrected chi connectivity index (χ2v) is 17.3.